The minimum absolute atomic E-state index is 0.103. The lowest BCUT2D eigenvalue weighted by Gasteiger charge is -2.06. The number of carbonyl (C=O) groups is 3. The summed E-state index contributed by atoms with van der Waals surface area (Å²) in [7, 11) is 0. The fourth-order valence-corrected chi connectivity index (χ4v) is 1.45. The second kappa shape index (κ2) is 8.02. The normalized spacial score (nSPS) is 9.74. The number of aldehydes is 1. The van der Waals surface area contributed by atoms with Gasteiger partial charge in [0, 0.05) is 12.8 Å². The van der Waals surface area contributed by atoms with Crippen molar-refractivity contribution in [3.8, 4) is 5.75 Å². The first kappa shape index (κ1) is 14.9. The van der Waals surface area contributed by atoms with Crippen LogP contribution in [0.3, 0.4) is 0 Å². The van der Waals surface area contributed by atoms with Gasteiger partial charge in [-0.2, -0.15) is 0 Å². The van der Waals surface area contributed by atoms with Gasteiger partial charge in [0.05, 0.1) is 12.2 Å². The lowest BCUT2D eigenvalue weighted by molar-refractivity contribution is -0.143. The van der Waals surface area contributed by atoms with Crippen LogP contribution in [0.2, 0.25) is 0 Å². The molecule has 0 aliphatic carbocycles. The smallest absolute Gasteiger partial charge is 0.311 e. The van der Waals surface area contributed by atoms with E-state index in [2.05, 4.69) is 0 Å². The van der Waals surface area contributed by atoms with E-state index in [-0.39, 0.29) is 24.6 Å². The molecule has 102 valence electrons. The molecule has 0 N–H and O–H groups in total. The zero-order chi connectivity index (χ0) is 14.1. The third-order valence-electron chi connectivity index (χ3n) is 2.34. The Morgan fingerprint density at radius 1 is 1.16 bits per heavy atom. The van der Waals surface area contributed by atoms with Crippen molar-refractivity contribution in [2.45, 2.75) is 26.2 Å². The molecule has 0 heterocycles. The Morgan fingerprint density at radius 3 is 2.53 bits per heavy atom. The van der Waals surface area contributed by atoms with Gasteiger partial charge in [-0.25, -0.2) is 0 Å². The highest BCUT2D eigenvalue weighted by Crippen LogP contribution is 2.16. The molecule has 5 heteroatoms. The Morgan fingerprint density at radius 2 is 1.84 bits per heavy atom. The first-order valence-electron chi connectivity index (χ1n) is 6.08. The van der Waals surface area contributed by atoms with E-state index in [1.165, 1.54) is 0 Å². The molecule has 5 nitrogen and oxygen atoms in total. The van der Waals surface area contributed by atoms with Gasteiger partial charge in [0.25, 0.3) is 0 Å². The number of para-hydroxylation sites is 1. The fourth-order valence-electron chi connectivity index (χ4n) is 1.45. The second-order valence-corrected chi connectivity index (χ2v) is 3.79. The highest BCUT2D eigenvalue weighted by Gasteiger charge is 2.10. The molecule has 0 bridgehead atoms. The molecule has 0 saturated heterocycles. The van der Waals surface area contributed by atoms with E-state index in [4.69, 9.17) is 9.47 Å². The molecule has 0 unspecified atom stereocenters. The predicted octanol–water partition coefficient (Wildman–Crippen LogP) is 2.14. The van der Waals surface area contributed by atoms with Gasteiger partial charge in [-0.3, -0.25) is 14.4 Å². The molecule has 1 aromatic rings. The summed E-state index contributed by atoms with van der Waals surface area (Å²) in [6.45, 7) is 2.05. The molecular formula is C14H16O5. The van der Waals surface area contributed by atoms with Crippen LogP contribution in [0.1, 0.15) is 36.5 Å². The Kier molecular flexibility index (Phi) is 6.29. The van der Waals surface area contributed by atoms with Crippen molar-refractivity contribution >= 4 is 18.2 Å². The van der Waals surface area contributed by atoms with Crippen LogP contribution < -0.4 is 4.74 Å². The molecule has 0 saturated carbocycles. The zero-order valence-corrected chi connectivity index (χ0v) is 10.8. The van der Waals surface area contributed by atoms with Gasteiger partial charge < -0.3 is 9.47 Å². The molecule has 0 aromatic heterocycles. The van der Waals surface area contributed by atoms with Crippen molar-refractivity contribution in [1.29, 1.82) is 0 Å². The quantitative estimate of drug-likeness (QED) is 0.428. The van der Waals surface area contributed by atoms with Gasteiger partial charge in [-0.05, 0) is 25.5 Å². The Bertz CT molecular complexity index is 453. The van der Waals surface area contributed by atoms with Gasteiger partial charge in [0.15, 0.2) is 6.29 Å². The number of ether oxygens (including phenoxy) is 2. The molecule has 0 aliphatic heterocycles. The minimum Gasteiger partial charge on any atom is -0.466 e. The highest BCUT2D eigenvalue weighted by atomic mass is 16.5. The van der Waals surface area contributed by atoms with Crippen LogP contribution in [0.15, 0.2) is 24.3 Å². The van der Waals surface area contributed by atoms with Crippen molar-refractivity contribution in [2.24, 2.45) is 0 Å². The molecule has 0 radical (unpaired) electrons. The minimum atomic E-state index is -0.474. The maximum Gasteiger partial charge on any atom is 0.311 e. The SMILES string of the molecule is CCOC(=O)CCCC(=O)Oc1ccccc1C=O. The monoisotopic (exact) mass is 264 g/mol. The Hall–Kier alpha value is -2.17. The van der Waals surface area contributed by atoms with Crippen LogP contribution in [0, 0.1) is 0 Å². The van der Waals surface area contributed by atoms with Gasteiger partial charge in [-0.1, -0.05) is 12.1 Å². The summed E-state index contributed by atoms with van der Waals surface area (Å²) < 4.78 is 9.80. The van der Waals surface area contributed by atoms with Gasteiger partial charge in [0.2, 0.25) is 0 Å². The first-order chi connectivity index (χ1) is 9.17. The Balaban J connectivity index is 2.39. The van der Waals surface area contributed by atoms with Crippen molar-refractivity contribution in [2.75, 3.05) is 6.61 Å². The van der Waals surface area contributed by atoms with Crippen LogP contribution in [0.5, 0.6) is 5.75 Å². The molecule has 0 amide bonds. The largest absolute Gasteiger partial charge is 0.466 e. The Labute approximate surface area is 111 Å². The molecule has 0 spiro atoms. The van der Waals surface area contributed by atoms with Crippen LogP contribution >= 0.6 is 0 Å². The number of benzene rings is 1. The van der Waals surface area contributed by atoms with Gasteiger partial charge >= 0.3 is 11.9 Å². The van der Waals surface area contributed by atoms with E-state index < -0.39 is 5.97 Å². The molecular weight excluding hydrogens is 248 g/mol. The average Bonchev–Trinajstić information content (AvgIpc) is 2.39. The third-order valence-corrected chi connectivity index (χ3v) is 2.34. The van der Waals surface area contributed by atoms with Gasteiger partial charge in [0.1, 0.15) is 5.75 Å². The maximum absolute atomic E-state index is 11.5. The van der Waals surface area contributed by atoms with E-state index in [1.807, 2.05) is 0 Å². The number of esters is 2. The summed E-state index contributed by atoms with van der Waals surface area (Å²) >= 11 is 0. The predicted molar refractivity (Wildman–Crippen MR) is 67.9 cm³/mol. The first-order valence-corrected chi connectivity index (χ1v) is 6.08. The fraction of sp³-hybridized carbons (Fsp3) is 0.357. The molecule has 0 aliphatic rings. The van der Waals surface area contributed by atoms with E-state index in [0.29, 0.717) is 24.9 Å². The molecule has 1 rings (SSSR count). The molecule has 1 aromatic carbocycles. The number of hydrogen-bond donors (Lipinski definition) is 0. The third kappa shape index (κ3) is 5.33. The average molecular weight is 264 g/mol. The summed E-state index contributed by atoms with van der Waals surface area (Å²) in [5, 5.41) is 0. The summed E-state index contributed by atoms with van der Waals surface area (Å²) in [5.41, 5.74) is 0.321. The second-order valence-electron chi connectivity index (χ2n) is 3.79. The summed E-state index contributed by atoms with van der Waals surface area (Å²) in [5.74, 6) is -0.569. The summed E-state index contributed by atoms with van der Waals surface area (Å²) in [4.78, 5) is 33.3. The lowest BCUT2D eigenvalue weighted by atomic mass is 10.2. The van der Waals surface area contributed by atoms with E-state index in [0.717, 1.165) is 0 Å². The van der Waals surface area contributed by atoms with Crippen LogP contribution in [0.4, 0.5) is 0 Å². The van der Waals surface area contributed by atoms with Crippen LogP contribution in [0.25, 0.3) is 0 Å². The van der Waals surface area contributed by atoms with E-state index in [9.17, 15) is 14.4 Å². The van der Waals surface area contributed by atoms with Crippen LogP contribution in [-0.2, 0) is 14.3 Å². The highest BCUT2D eigenvalue weighted by molar-refractivity contribution is 5.82. The summed E-state index contributed by atoms with van der Waals surface area (Å²) in [6.07, 6.45) is 1.27. The van der Waals surface area contributed by atoms with E-state index in [1.54, 1.807) is 31.2 Å². The maximum atomic E-state index is 11.5. The van der Waals surface area contributed by atoms with Crippen molar-refractivity contribution in [3.63, 3.8) is 0 Å². The lowest BCUT2D eigenvalue weighted by Crippen LogP contribution is -2.11. The zero-order valence-electron chi connectivity index (χ0n) is 10.8. The number of carbonyl (C=O) groups excluding carboxylic acids is 3. The van der Waals surface area contributed by atoms with Crippen molar-refractivity contribution in [3.05, 3.63) is 29.8 Å². The number of hydrogen-bond acceptors (Lipinski definition) is 5. The summed E-state index contributed by atoms with van der Waals surface area (Å²) in [6, 6.07) is 6.47. The molecule has 0 fully saturated rings. The van der Waals surface area contributed by atoms with Crippen molar-refractivity contribution in [1.82, 2.24) is 0 Å². The topological polar surface area (TPSA) is 69.7 Å². The van der Waals surface area contributed by atoms with Crippen molar-refractivity contribution < 1.29 is 23.9 Å². The standard InChI is InChI=1S/C14H16O5/c1-2-18-13(16)8-5-9-14(17)19-12-7-4-3-6-11(12)10-15/h3-4,6-7,10H,2,5,8-9H2,1H3. The van der Waals surface area contributed by atoms with Gasteiger partial charge in [-0.15, -0.1) is 0 Å². The van der Waals surface area contributed by atoms with E-state index >= 15 is 0 Å². The van der Waals surface area contributed by atoms with Crippen LogP contribution in [-0.4, -0.2) is 24.8 Å². The molecule has 19 heavy (non-hydrogen) atoms. The molecule has 0 atom stereocenters. The number of rotatable bonds is 7.